The van der Waals surface area contributed by atoms with Crippen LogP contribution in [0, 0.1) is 0 Å². The van der Waals surface area contributed by atoms with Crippen LogP contribution in [0.25, 0.3) is 0 Å². The van der Waals surface area contributed by atoms with Gasteiger partial charge in [0.1, 0.15) is 12.1 Å². The Hall–Kier alpha value is -2.48. The molecule has 0 aromatic heterocycles. The molecule has 0 radical (unpaired) electrons. The Labute approximate surface area is 144 Å². The first-order valence-electron chi connectivity index (χ1n) is 7.50. The summed E-state index contributed by atoms with van der Waals surface area (Å²) in [7, 11) is 0. The van der Waals surface area contributed by atoms with Gasteiger partial charge < -0.3 is 15.3 Å². The van der Waals surface area contributed by atoms with Crippen molar-refractivity contribution in [2.75, 3.05) is 12.0 Å². The van der Waals surface area contributed by atoms with Crippen molar-refractivity contribution in [3.8, 4) is 0 Å². The summed E-state index contributed by atoms with van der Waals surface area (Å²) in [5.74, 6) is -1.49. The van der Waals surface area contributed by atoms with Gasteiger partial charge in [0, 0.05) is 11.6 Å². The van der Waals surface area contributed by atoms with Gasteiger partial charge in [-0.25, -0.2) is 4.79 Å². The fourth-order valence-electron chi connectivity index (χ4n) is 2.36. The maximum absolute atomic E-state index is 12.3. The molecule has 0 bridgehead atoms. The Morgan fingerprint density at radius 2 is 1.96 bits per heavy atom. The van der Waals surface area contributed by atoms with Crippen LogP contribution >= 0.6 is 11.6 Å². The van der Waals surface area contributed by atoms with Crippen LogP contribution in [-0.2, 0) is 9.59 Å². The summed E-state index contributed by atoms with van der Waals surface area (Å²) in [6, 6.07) is 4.54. The molecule has 1 aliphatic heterocycles. The summed E-state index contributed by atoms with van der Waals surface area (Å²) >= 11 is 5.79. The number of carboxylic acids is 1. The van der Waals surface area contributed by atoms with Crippen LogP contribution in [0.3, 0.4) is 0 Å². The zero-order valence-electron chi connectivity index (χ0n) is 13.1. The second kappa shape index (κ2) is 7.87. The first-order valence-corrected chi connectivity index (χ1v) is 7.87. The van der Waals surface area contributed by atoms with Gasteiger partial charge in [-0.1, -0.05) is 11.6 Å². The third kappa shape index (κ3) is 4.51. The van der Waals surface area contributed by atoms with Crippen LogP contribution in [0.15, 0.2) is 24.3 Å². The predicted octanol–water partition coefficient (Wildman–Crippen LogP) is 1.43. The van der Waals surface area contributed by atoms with Gasteiger partial charge >= 0.3 is 12.0 Å². The van der Waals surface area contributed by atoms with Crippen molar-refractivity contribution in [2.24, 2.45) is 0 Å². The average Bonchev–Trinajstić information content (AvgIpc) is 3.03. The van der Waals surface area contributed by atoms with Crippen molar-refractivity contribution in [3.05, 3.63) is 29.3 Å². The molecule has 2 rings (SSSR count). The summed E-state index contributed by atoms with van der Waals surface area (Å²) < 4.78 is 0. The van der Waals surface area contributed by atoms with Gasteiger partial charge in [-0.15, -0.1) is 0 Å². The smallest absolute Gasteiger partial charge is 0.325 e. The summed E-state index contributed by atoms with van der Waals surface area (Å²) in [4.78, 5) is 36.6. The van der Waals surface area contributed by atoms with Crippen molar-refractivity contribution in [1.29, 1.82) is 0 Å². The van der Waals surface area contributed by atoms with Crippen molar-refractivity contribution in [1.82, 2.24) is 15.6 Å². The maximum atomic E-state index is 12.3. The van der Waals surface area contributed by atoms with E-state index in [0.29, 0.717) is 30.1 Å². The molecule has 1 fully saturated rings. The number of aliphatic carboxylic acids is 1. The zero-order chi connectivity index (χ0) is 17.7. The van der Waals surface area contributed by atoms with E-state index in [1.807, 2.05) is 0 Å². The molecule has 9 heteroatoms. The summed E-state index contributed by atoms with van der Waals surface area (Å²) in [5, 5.41) is 11.8. The third-order valence-corrected chi connectivity index (χ3v) is 3.95. The fraction of sp³-hybridized carbons (Fsp3) is 0.400. The SMILES string of the molecule is C[C@H](NC(=O)N1CCCC1C(=O)NNc1ccc(Cl)cc1)C(=O)O. The number of benzene rings is 1. The fourth-order valence-corrected chi connectivity index (χ4v) is 2.49. The molecular weight excluding hydrogens is 336 g/mol. The molecule has 1 aliphatic rings. The quantitative estimate of drug-likeness (QED) is 0.598. The minimum Gasteiger partial charge on any atom is -0.480 e. The van der Waals surface area contributed by atoms with Crippen LogP contribution in [0.2, 0.25) is 5.02 Å². The molecule has 1 unspecified atom stereocenters. The highest BCUT2D eigenvalue weighted by atomic mass is 35.5. The summed E-state index contributed by atoms with van der Waals surface area (Å²) in [6.45, 7) is 1.77. The van der Waals surface area contributed by atoms with E-state index in [9.17, 15) is 14.4 Å². The highest BCUT2D eigenvalue weighted by Crippen LogP contribution is 2.18. The van der Waals surface area contributed by atoms with Gasteiger partial charge in [0.05, 0.1) is 5.69 Å². The number of halogens is 1. The van der Waals surface area contributed by atoms with E-state index in [0.717, 1.165) is 0 Å². The molecule has 0 spiro atoms. The number of hydrogen-bond acceptors (Lipinski definition) is 4. The first-order chi connectivity index (χ1) is 11.4. The number of carbonyl (C=O) groups is 3. The van der Waals surface area contributed by atoms with Crippen molar-refractivity contribution >= 4 is 35.2 Å². The van der Waals surface area contributed by atoms with Crippen molar-refractivity contribution < 1.29 is 19.5 Å². The second-order valence-electron chi connectivity index (χ2n) is 5.48. The number of urea groups is 1. The van der Waals surface area contributed by atoms with Gasteiger partial charge in [-0.05, 0) is 44.0 Å². The van der Waals surface area contributed by atoms with Gasteiger partial charge in [-0.3, -0.25) is 20.4 Å². The molecule has 24 heavy (non-hydrogen) atoms. The van der Waals surface area contributed by atoms with Crippen LogP contribution in [0.5, 0.6) is 0 Å². The zero-order valence-corrected chi connectivity index (χ0v) is 13.8. The standard InChI is InChI=1S/C15H19ClN4O4/c1-9(14(22)23)17-15(24)20-8-2-3-12(20)13(21)19-18-11-6-4-10(16)5-7-11/h4-7,9,12,18H,2-3,8H2,1H3,(H,17,24)(H,19,21)(H,22,23)/t9-,12?/m0/s1. The Kier molecular flexibility index (Phi) is 5.86. The molecule has 2 atom stereocenters. The lowest BCUT2D eigenvalue weighted by Gasteiger charge is -2.25. The van der Waals surface area contributed by atoms with Crippen LogP contribution in [0.1, 0.15) is 19.8 Å². The molecule has 0 saturated carbocycles. The number of likely N-dealkylation sites (tertiary alicyclic amines) is 1. The van der Waals surface area contributed by atoms with Gasteiger partial charge in [-0.2, -0.15) is 0 Å². The molecule has 1 aromatic carbocycles. The lowest BCUT2D eigenvalue weighted by molar-refractivity contribution is -0.138. The van der Waals surface area contributed by atoms with E-state index in [2.05, 4.69) is 16.2 Å². The number of carboxylic acid groups (broad SMARTS) is 1. The molecule has 1 saturated heterocycles. The predicted molar refractivity (Wildman–Crippen MR) is 88.6 cm³/mol. The monoisotopic (exact) mass is 354 g/mol. The number of nitrogens with zero attached hydrogens (tertiary/aromatic N) is 1. The first kappa shape index (κ1) is 17.9. The lowest BCUT2D eigenvalue weighted by Crippen LogP contribution is -2.53. The van der Waals surface area contributed by atoms with Gasteiger partial charge in [0.15, 0.2) is 0 Å². The van der Waals surface area contributed by atoms with Crippen LogP contribution < -0.4 is 16.2 Å². The van der Waals surface area contributed by atoms with E-state index >= 15 is 0 Å². The normalized spacial score (nSPS) is 17.9. The molecule has 130 valence electrons. The topological polar surface area (TPSA) is 111 Å². The van der Waals surface area contributed by atoms with Crippen molar-refractivity contribution in [3.63, 3.8) is 0 Å². The molecule has 8 nitrogen and oxygen atoms in total. The number of amides is 3. The van der Waals surface area contributed by atoms with Gasteiger partial charge in [0.25, 0.3) is 5.91 Å². The Morgan fingerprint density at radius 1 is 1.29 bits per heavy atom. The molecule has 0 aliphatic carbocycles. The molecule has 4 N–H and O–H groups in total. The van der Waals surface area contributed by atoms with E-state index in [1.165, 1.54) is 11.8 Å². The average molecular weight is 355 g/mol. The van der Waals surface area contributed by atoms with E-state index in [4.69, 9.17) is 16.7 Å². The molecule has 1 aromatic rings. The highest BCUT2D eigenvalue weighted by Gasteiger charge is 2.35. The largest absolute Gasteiger partial charge is 0.480 e. The summed E-state index contributed by atoms with van der Waals surface area (Å²) in [5.41, 5.74) is 5.96. The molecule has 3 amide bonds. The number of nitrogens with one attached hydrogen (secondary N) is 3. The minimum absolute atomic E-state index is 0.361. The third-order valence-electron chi connectivity index (χ3n) is 3.70. The Morgan fingerprint density at radius 3 is 2.58 bits per heavy atom. The maximum Gasteiger partial charge on any atom is 0.325 e. The number of hydrazine groups is 1. The molecular formula is C15H19ClN4O4. The second-order valence-corrected chi connectivity index (χ2v) is 5.92. The number of anilines is 1. The number of hydrogen-bond donors (Lipinski definition) is 4. The van der Waals surface area contributed by atoms with E-state index in [-0.39, 0.29) is 5.91 Å². The number of rotatable bonds is 5. The van der Waals surface area contributed by atoms with Crippen molar-refractivity contribution in [2.45, 2.75) is 31.8 Å². The summed E-state index contributed by atoms with van der Waals surface area (Å²) in [6.07, 6.45) is 1.19. The van der Waals surface area contributed by atoms with E-state index in [1.54, 1.807) is 24.3 Å². The van der Waals surface area contributed by atoms with Crippen LogP contribution in [-0.4, -0.2) is 46.5 Å². The Bertz CT molecular complexity index is 622. The highest BCUT2D eigenvalue weighted by molar-refractivity contribution is 6.30. The lowest BCUT2D eigenvalue weighted by atomic mass is 10.2. The number of carbonyl (C=O) groups excluding carboxylic acids is 2. The van der Waals surface area contributed by atoms with Crippen LogP contribution in [0.4, 0.5) is 10.5 Å². The minimum atomic E-state index is -1.13. The van der Waals surface area contributed by atoms with E-state index < -0.39 is 24.1 Å². The Balaban J connectivity index is 1.91. The van der Waals surface area contributed by atoms with Gasteiger partial charge in [0.2, 0.25) is 0 Å². The molecule has 1 heterocycles.